The van der Waals surface area contributed by atoms with E-state index in [-0.39, 0.29) is 12.5 Å². The van der Waals surface area contributed by atoms with Crippen LogP contribution in [0, 0.1) is 6.92 Å². The summed E-state index contributed by atoms with van der Waals surface area (Å²) in [5.41, 5.74) is 5.45. The molecule has 1 aromatic rings. The van der Waals surface area contributed by atoms with Crippen LogP contribution < -0.4 is 15.2 Å². The quantitative estimate of drug-likeness (QED) is 0.823. The van der Waals surface area contributed by atoms with Gasteiger partial charge in [0.25, 0.3) is 0 Å². The van der Waals surface area contributed by atoms with Crippen LogP contribution in [0.2, 0.25) is 0 Å². The van der Waals surface area contributed by atoms with E-state index < -0.39 is 11.5 Å². The first-order valence-electron chi connectivity index (χ1n) is 6.10. The topological polar surface area (TPSA) is 81.8 Å². The molecule has 5 nitrogen and oxygen atoms in total. The molecule has 0 aliphatic carbocycles. The van der Waals surface area contributed by atoms with Gasteiger partial charge in [0, 0.05) is 6.42 Å². The number of aryl methyl sites for hydroxylation is 1. The lowest BCUT2D eigenvalue weighted by atomic mass is 9.96. The second-order valence-electron chi connectivity index (χ2n) is 5.01. The number of benzene rings is 1. The molecule has 2 unspecified atom stereocenters. The molecule has 3 N–H and O–H groups in total. The zero-order valence-corrected chi connectivity index (χ0v) is 11.8. The van der Waals surface area contributed by atoms with Crippen molar-refractivity contribution in [1.29, 1.82) is 0 Å². The summed E-state index contributed by atoms with van der Waals surface area (Å²) in [6, 6.07) is 5.57. The van der Waals surface area contributed by atoms with Gasteiger partial charge in [-0.2, -0.15) is 0 Å². The Bertz CT molecular complexity index is 457. The first kappa shape index (κ1) is 15.3. The van der Waals surface area contributed by atoms with Gasteiger partial charge < -0.3 is 20.3 Å². The molecule has 2 atom stereocenters. The average Bonchev–Trinajstić information content (AvgIpc) is 2.30. The van der Waals surface area contributed by atoms with Crippen LogP contribution in [0.5, 0.6) is 11.5 Å². The number of hydrogen-bond donors (Lipinski definition) is 2. The van der Waals surface area contributed by atoms with E-state index >= 15 is 0 Å². The number of methoxy groups -OCH3 is 1. The molecule has 0 aromatic heterocycles. The Labute approximate surface area is 113 Å². The van der Waals surface area contributed by atoms with Crippen molar-refractivity contribution >= 4 is 5.97 Å². The summed E-state index contributed by atoms with van der Waals surface area (Å²) in [5.74, 6) is 0.168. The molecule has 106 valence electrons. The normalized spacial score (nSPS) is 15.4. The SMILES string of the molecule is COc1cc(C)ccc1OC(C)CC(C)(N)C(=O)O. The number of carbonyl (C=O) groups is 1. The van der Waals surface area contributed by atoms with Gasteiger partial charge in [0.15, 0.2) is 11.5 Å². The van der Waals surface area contributed by atoms with E-state index in [0.29, 0.717) is 11.5 Å². The fourth-order valence-electron chi connectivity index (χ4n) is 1.82. The Morgan fingerprint density at radius 1 is 1.47 bits per heavy atom. The summed E-state index contributed by atoms with van der Waals surface area (Å²) < 4.78 is 10.9. The third-order valence-corrected chi connectivity index (χ3v) is 2.85. The van der Waals surface area contributed by atoms with E-state index in [2.05, 4.69) is 0 Å². The van der Waals surface area contributed by atoms with Crippen molar-refractivity contribution < 1.29 is 19.4 Å². The summed E-state index contributed by atoms with van der Waals surface area (Å²) in [5, 5.41) is 8.99. The van der Waals surface area contributed by atoms with Crippen molar-refractivity contribution in [2.45, 2.75) is 38.8 Å². The summed E-state index contributed by atoms with van der Waals surface area (Å²) in [6.45, 7) is 5.21. The number of ether oxygens (including phenoxy) is 2. The van der Waals surface area contributed by atoms with Crippen LogP contribution in [-0.2, 0) is 4.79 Å². The van der Waals surface area contributed by atoms with Crippen molar-refractivity contribution in [3.63, 3.8) is 0 Å². The second kappa shape index (κ2) is 5.93. The number of nitrogens with two attached hydrogens (primary N) is 1. The second-order valence-corrected chi connectivity index (χ2v) is 5.01. The van der Waals surface area contributed by atoms with Crippen molar-refractivity contribution in [1.82, 2.24) is 0 Å². The molecule has 0 amide bonds. The maximum atomic E-state index is 11.0. The third-order valence-electron chi connectivity index (χ3n) is 2.85. The lowest BCUT2D eigenvalue weighted by Crippen LogP contribution is -2.47. The molecule has 1 rings (SSSR count). The highest BCUT2D eigenvalue weighted by Gasteiger charge is 2.30. The van der Waals surface area contributed by atoms with Gasteiger partial charge in [0.05, 0.1) is 13.2 Å². The van der Waals surface area contributed by atoms with Gasteiger partial charge in [0.1, 0.15) is 5.54 Å². The lowest BCUT2D eigenvalue weighted by molar-refractivity contribution is -0.143. The van der Waals surface area contributed by atoms with E-state index in [1.165, 1.54) is 6.92 Å². The summed E-state index contributed by atoms with van der Waals surface area (Å²) >= 11 is 0. The van der Waals surface area contributed by atoms with Crippen LogP contribution in [-0.4, -0.2) is 29.8 Å². The van der Waals surface area contributed by atoms with E-state index in [0.717, 1.165) is 5.56 Å². The molecule has 0 heterocycles. The Morgan fingerprint density at radius 3 is 2.63 bits per heavy atom. The minimum Gasteiger partial charge on any atom is -0.493 e. The molecular formula is C14H21NO4. The lowest BCUT2D eigenvalue weighted by Gasteiger charge is -2.24. The van der Waals surface area contributed by atoms with Crippen molar-refractivity contribution in [3.8, 4) is 11.5 Å². The monoisotopic (exact) mass is 267 g/mol. The Hall–Kier alpha value is -1.75. The van der Waals surface area contributed by atoms with Gasteiger partial charge >= 0.3 is 5.97 Å². The summed E-state index contributed by atoms with van der Waals surface area (Å²) in [7, 11) is 1.57. The molecule has 0 radical (unpaired) electrons. The van der Waals surface area contributed by atoms with E-state index in [1.54, 1.807) is 20.1 Å². The smallest absolute Gasteiger partial charge is 0.323 e. The third kappa shape index (κ3) is 4.13. The molecule has 0 saturated carbocycles. The zero-order chi connectivity index (χ0) is 14.6. The molecule has 1 aromatic carbocycles. The van der Waals surface area contributed by atoms with Crippen molar-refractivity contribution in [3.05, 3.63) is 23.8 Å². The molecule has 5 heteroatoms. The van der Waals surface area contributed by atoms with Crippen molar-refractivity contribution in [2.24, 2.45) is 5.73 Å². The molecule has 19 heavy (non-hydrogen) atoms. The van der Waals surface area contributed by atoms with Gasteiger partial charge in [0.2, 0.25) is 0 Å². The highest BCUT2D eigenvalue weighted by atomic mass is 16.5. The predicted molar refractivity (Wildman–Crippen MR) is 72.7 cm³/mol. The van der Waals surface area contributed by atoms with Crippen LogP contribution in [0.25, 0.3) is 0 Å². The largest absolute Gasteiger partial charge is 0.493 e. The molecular weight excluding hydrogens is 246 g/mol. The molecule has 0 fully saturated rings. The van der Waals surface area contributed by atoms with Gasteiger partial charge in [-0.05, 0) is 38.5 Å². The van der Waals surface area contributed by atoms with Crippen LogP contribution in [0.3, 0.4) is 0 Å². The number of carboxylic acids is 1. The molecule has 0 spiro atoms. The number of hydrogen-bond acceptors (Lipinski definition) is 4. The van der Waals surface area contributed by atoms with E-state index in [9.17, 15) is 4.79 Å². The minimum atomic E-state index is -1.31. The Kier molecular flexibility index (Phi) is 4.78. The van der Waals surface area contributed by atoms with Crippen LogP contribution in [0.15, 0.2) is 18.2 Å². The fourth-order valence-corrected chi connectivity index (χ4v) is 1.82. The molecule has 0 saturated heterocycles. The first-order chi connectivity index (χ1) is 8.76. The Balaban J connectivity index is 2.77. The summed E-state index contributed by atoms with van der Waals surface area (Å²) in [4.78, 5) is 11.0. The van der Waals surface area contributed by atoms with Gasteiger partial charge in [-0.25, -0.2) is 0 Å². The number of aliphatic carboxylic acids is 1. The van der Waals surface area contributed by atoms with Crippen LogP contribution >= 0.6 is 0 Å². The standard InChI is InChI=1S/C14H21NO4/c1-9-5-6-11(12(7-9)18-4)19-10(2)8-14(3,15)13(16)17/h5-7,10H,8,15H2,1-4H3,(H,16,17). The molecule has 0 bridgehead atoms. The minimum absolute atomic E-state index is 0.208. The maximum absolute atomic E-state index is 11.0. The molecule has 0 aliphatic rings. The zero-order valence-electron chi connectivity index (χ0n) is 11.8. The molecule has 0 aliphatic heterocycles. The van der Waals surface area contributed by atoms with Crippen LogP contribution in [0.1, 0.15) is 25.8 Å². The highest BCUT2D eigenvalue weighted by molar-refractivity contribution is 5.77. The summed E-state index contributed by atoms with van der Waals surface area (Å²) in [6.07, 6.45) is -0.123. The maximum Gasteiger partial charge on any atom is 0.323 e. The van der Waals surface area contributed by atoms with Gasteiger partial charge in [-0.3, -0.25) is 4.79 Å². The first-order valence-corrected chi connectivity index (χ1v) is 6.10. The number of rotatable bonds is 6. The predicted octanol–water partition coefficient (Wildman–Crippen LogP) is 1.96. The van der Waals surface area contributed by atoms with Gasteiger partial charge in [-0.1, -0.05) is 6.07 Å². The van der Waals surface area contributed by atoms with E-state index in [1.807, 2.05) is 19.1 Å². The average molecular weight is 267 g/mol. The number of carboxylic acid groups (broad SMARTS) is 1. The Morgan fingerprint density at radius 2 is 2.11 bits per heavy atom. The highest BCUT2D eigenvalue weighted by Crippen LogP contribution is 2.29. The van der Waals surface area contributed by atoms with E-state index in [4.69, 9.17) is 20.3 Å². The fraction of sp³-hybridized carbons (Fsp3) is 0.500. The van der Waals surface area contributed by atoms with Crippen LogP contribution in [0.4, 0.5) is 0 Å². The van der Waals surface area contributed by atoms with Gasteiger partial charge in [-0.15, -0.1) is 0 Å². The van der Waals surface area contributed by atoms with Crippen molar-refractivity contribution in [2.75, 3.05) is 7.11 Å².